The number of hydrogen-bond donors (Lipinski definition) is 1. The number of nitrogens with zero attached hydrogens (tertiary/aromatic N) is 2. The molecule has 1 aliphatic heterocycles. The van der Waals surface area contributed by atoms with Gasteiger partial charge in [-0.1, -0.05) is 66.3 Å². The molecule has 0 radical (unpaired) electrons. The fraction of sp³-hybridized carbons (Fsp3) is 0.179. The van der Waals surface area contributed by atoms with Gasteiger partial charge in [0.25, 0.3) is 5.78 Å². The number of aliphatic hydroxyl groups excluding tert-OH is 1. The number of aryl methyl sites for hydroxylation is 2. The van der Waals surface area contributed by atoms with Crippen molar-refractivity contribution in [1.82, 2.24) is 4.98 Å². The van der Waals surface area contributed by atoms with Crippen LogP contribution >= 0.6 is 11.3 Å². The number of carbonyl (C=O) groups is 2. The second-order valence-corrected chi connectivity index (χ2v) is 9.47. The molecule has 6 nitrogen and oxygen atoms in total. The Bertz CT molecular complexity index is 1490. The van der Waals surface area contributed by atoms with E-state index in [0.29, 0.717) is 22.0 Å². The second-order valence-electron chi connectivity index (χ2n) is 8.46. The lowest BCUT2D eigenvalue weighted by Crippen LogP contribution is -2.29. The van der Waals surface area contributed by atoms with Crippen molar-refractivity contribution >= 4 is 44.1 Å². The fourth-order valence-electron chi connectivity index (χ4n) is 4.30. The van der Waals surface area contributed by atoms with Crippen molar-refractivity contribution in [2.24, 2.45) is 0 Å². The summed E-state index contributed by atoms with van der Waals surface area (Å²) in [5, 5.41) is 11.7. The lowest BCUT2D eigenvalue weighted by atomic mass is 9.95. The average Bonchev–Trinajstić information content (AvgIpc) is 3.41. The van der Waals surface area contributed by atoms with Crippen molar-refractivity contribution in [3.8, 4) is 5.75 Å². The molecular formula is C28H24N2O4S. The van der Waals surface area contributed by atoms with E-state index >= 15 is 0 Å². The van der Waals surface area contributed by atoms with Crippen LogP contribution in [0.1, 0.15) is 35.2 Å². The van der Waals surface area contributed by atoms with Gasteiger partial charge in [-0.3, -0.25) is 14.5 Å². The first-order chi connectivity index (χ1) is 16.9. The molecule has 176 valence electrons. The molecule has 1 amide bonds. The summed E-state index contributed by atoms with van der Waals surface area (Å²) in [4.78, 5) is 32.9. The molecule has 0 bridgehead atoms. The molecule has 1 N–H and O–H groups in total. The van der Waals surface area contributed by atoms with E-state index in [-0.39, 0.29) is 11.3 Å². The van der Waals surface area contributed by atoms with Gasteiger partial charge in [0.15, 0.2) is 5.13 Å². The van der Waals surface area contributed by atoms with Gasteiger partial charge in [0.05, 0.1) is 28.9 Å². The highest BCUT2D eigenvalue weighted by atomic mass is 32.1. The Hall–Kier alpha value is -3.97. The summed E-state index contributed by atoms with van der Waals surface area (Å²) >= 11 is 1.36. The Labute approximate surface area is 207 Å². The Morgan fingerprint density at radius 3 is 2.57 bits per heavy atom. The summed E-state index contributed by atoms with van der Waals surface area (Å²) in [6.07, 6.45) is 0.883. The minimum absolute atomic E-state index is 0.0283. The summed E-state index contributed by atoms with van der Waals surface area (Å²) in [7, 11) is 1.56. The van der Waals surface area contributed by atoms with Gasteiger partial charge in [-0.05, 0) is 48.7 Å². The summed E-state index contributed by atoms with van der Waals surface area (Å²) in [6.45, 7) is 4.02. The average molecular weight is 485 g/mol. The monoisotopic (exact) mass is 484 g/mol. The maximum atomic E-state index is 13.4. The molecule has 1 saturated heterocycles. The highest BCUT2D eigenvalue weighted by Crippen LogP contribution is 2.44. The number of thiazole rings is 1. The van der Waals surface area contributed by atoms with E-state index in [2.05, 4.69) is 18.0 Å². The van der Waals surface area contributed by atoms with Crippen molar-refractivity contribution < 1.29 is 19.4 Å². The number of carbonyl (C=O) groups excluding carboxylic acids is 2. The molecule has 1 aromatic heterocycles. The standard InChI is InChI=1S/C28H24N2O4S/c1-4-17-10-13-21-22(14-17)35-28(29-21)30-24(19-6-5-7-20(15-19)34-3)23(26(32)27(30)33)25(31)18-11-8-16(2)9-12-18/h5-15,24,31H,4H2,1-3H3/t24-/m1/s1. The Morgan fingerprint density at radius 1 is 1.09 bits per heavy atom. The van der Waals surface area contributed by atoms with Crippen LogP contribution in [0.2, 0.25) is 0 Å². The summed E-state index contributed by atoms with van der Waals surface area (Å²) < 4.78 is 6.33. The van der Waals surface area contributed by atoms with Crippen LogP contribution in [-0.4, -0.2) is 28.9 Å². The van der Waals surface area contributed by atoms with Crippen LogP contribution in [0.3, 0.4) is 0 Å². The zero-order valence-corrected chi connectivity index (χ0v) is 20.4. The zero-order valence-electron chi connectivity index (χ0n) is 19.6. The van der Waals surface area contributed by atoms with Gasteiger partial charge in [0, 0.05) is 5.56 Å². The number of ketones is 1. The van der Waals surface area contributed by atoms with Gasteiger partial charge >= 0.3 is 5.91 Å². The Kier molecular flexibility index (Phi) is 5.86. The van der Waals surface area contributed by atoms with Crippen LogP contribution in [0.5, 0.6) is 5.75 Å². The predicted octanol–water partition coefficient (Wildman–Crippen LogP) is 5.80. The van der Waals surface area contributed by atoms with Crippen LogP contribution in [0.4, 0.5) is 5.13 Å². The predicted molar refractivity (Wildman–Crippen MR) is 138 cm³/mol. The third-order valence-electron chi connectivity index (χ3n) is 6.23. The highest BCUT2D eigenvalue weighted by molar-refractivity contribution is 7.22. The molecule has 4 aromatic rings. The summed E-state index contributed by atoms with van der Waals surface area (Å²) in [5.41, 5.74) is 4.09. The van der Waals surface area contributed by atoms with Crippen molar-refractivity contribution in [1.29, 1.82) is 0 Å². The number of benzene rings is 3. The molecule has 1 atom stereocenters. The van der Waals surface area contributed by atoms with Gasteiger partial charge in [0.2, 0.25) is 0 Å². The first-order valence-corrected chi connectivity index (χ1v) is 12.1. The van der Waals surface area contributed by atoms with E-state index in [0.717, 1.165) is 22.2 Å². The third-order valence-corrected chi connectivity index (χ3v) is 7.25. The number of methoxy groups -OCH3 is 1. The van der Waals surface area contributed by atoms with Crippen LogP contribution in [0, 0.1) is 6.92 Å². The van der Waals surface area contributed by atoms with E-state index in [1.165, 1.54) is 21.8 Å². The van der Waals surface area contributed by atoms with Gasteiger partial charge in [-0.15, -0.1) is 0 Å². The van der Waals surface area contributed by atoms with Crippen LogP contribution < -0.4 is 9.64 Å². The number of aliphatic hydroxyl groups is 1. The molecule has 5 rings (SSSR count). The number of ether oxygens (including phenoxy) is 1. The third kappa shape index (κ3) is 3.98. The lowest BCUT2D eigenvalue weighted by molar-refractivity contribution is -0.132. The highest BCUT2D eigenvalue weighted by Gasteiger charge is 2.48. The van der Waals surface area contributed by atoms with Crippen LogP contribution in [0.15, 0.2) is 72.3 Å². The molecule has 0 saturated carbocycles. The SMILES string of the molecule is CCc1ccc2nc(N3C(=O)C(=O)C(=C(O)c4ccc(C)cc4)[C@H]3c3cccc(OC)c3)sc2c1. The van der Waals surface area contributed by atoms with Gasteiger partial charge in [0.1, 0.15) is 11.5 Å². The van der Waals surface area contributed by atoms with Gasteiger partial charge < -0.3 is 9.84 Å². The first-order valence-electron chi connectivity index (χ1n) is 11.3. The fourth-order valence-corrected chi connectivity index (χ4v) is 5.36. The molecule has 1 fully saturated rings. The topological polar surface area (TPSA) is 79.7 Å². The first kappa shape index (κ1) is 22.8. The minimum atomic E-state index is -0.849. The van der Waals surface area contributed by atoms with E-state index in [4.69, 9.17) is 4.74 Å². The number of anilines is 1. The van der Waals surface area contributed by atoms with Gasteiger partial charge in [-0.25, -0.2) is 4.98 Å². The number of amides is 1. The smallest absolute Gasteiger partial charge is 0.301 e. The number of aromatic nitrogens is 1. The van der Waals surface area contributed by atoms with Gasteiger partial charge in [-0.2, -0.15) is 0 Å². The zero-order chi connectivity index (χ0) is 24.7. The van der Waals surface area contributed by atoms with Crippen molar-refractivity contribution in [3.05, 3.63) is 94.6 Å². The number of Topliss-reactive ketones (excluding diaryl/α,β-unsaturated/α-hetero) is 1. The van der Waals surface area contributed by atoms with E-state index in [9.17, 15) is 14.7 Å². The quantitative estimate of drug-likeness (QED) is 0.220. The Morgan fingerprint density at radius 2 is 1.86 bits per heavy atom. The molecule has 0 spiro atoms. The van der Waals surface area contributed by atoms with E-state index in [1.54, 1.807) is 37.4 Å². The maximum Gasteiger partial charge on any atom is 0.301 e. The van der Waals surface area contributed by atoms with Crippen LogP contribution in [0.25, 0.3) is 16.0 Å². The minimum Gasteiger partial charge on any atom is -0.507 e. The lowest BCUT2D eigenvalue weighted by Gasteiger charge is -2.23. The molecular weight excluding hydrogens is 460 g/mol. The van der Waals surface area contributed by atoms with Crippen molar-refractivity contribution in [2.45, 2.75) is 26.3 Å². The molecule has 0 unspecified atom stereocenters. The Balaban J connectivity index is 1.72. The normalized spacial score (nSPS) is 17.3. The van der Waals surface area contributed by atoms with Crippen LogP contribution in [-0.2, 0) is 16.0 Å². The van der Waals surface area contributed by atoms with Crippen molar-refractivity contribution in [2.75, 3.05) is 12.0 Å². The molecule has 2 heterocycles. The number of fused-ring (bicyclic) bond motifs is 1. The van der Waals surface area contributed by atoms with E-state index in [1.807, 2.05) is 37.3 Å². The molecule has 3 aromatic carbocycles. The molecule has 35 heavy (non-hydrogen) atoms. The van der Waals surface area contributed by atoms with Crippen molar-refractivity contribution in [3.63, 3.8) is 0 Å². The number of hydrogen-bond acceptors (Lipinski definition) is 6. The second kappa shape index (κ2) is 9.00. The molecule has 0 aliphatic carbocycles. The van der Waals surface area contributed by atoms with E-state index < -0.39 is 17.7 Å². The molecule has 7 heteroatoms. The number of rotatable bonds is 5. The summed E-state index contributed by atoms with van der Waals surface area (Å²) in [6, 6.07) is 19.5. The maximum absolute atomic E-state index is 13.4. The largest absolute Gasteiger partial charge is 0.507 e. The summed E-state index contributed by atoms with van der Waals surface area (Å²) in [5.74, 6) is -1.10. The molecule has 1 aliphatic rings.